The number of pyridine rings is 1. The summed E-state index contributed by atoms with van der Waals surface area (Å²) in [6, 6.07) is 1.86. The van der Waals surface area contributed by atoms with Gasteiger partial charge in [0, 0.05) is 35.8 Å². The van der Waals surface area contributed by atoms with Crippen LogP contribution in [0.3, 0.4) is 0 Å². The van der Waals surface area contributed by atoms with Gasteiger partial charge < -0.3 is 15.3 Å². The average molecular weight is 610 g/mol. The number of aliphatic hydroxyl groups is 1. The summed E-state index contributed by atoms with van der Waals surface area (Å²) in [6.07, 6.45) is 5.10. The maximum absolute atomic E-state index is 14.3. The van der Waals surface area contributed by atoms with Gasteiger partial charge in [0.15, 0.2) is 0 Å². The first kappa shape index (κ1) is 34.1. The lowest BCUT2D eigenvalue weighted by atomic mass is 10.0. The second-order valence-electron chi connectivity index (χ2n) is 9.77. The topological polar surface area (TPSA) is 65.5 Å². The number of anilines is 1. The summed E-state index contributed by atoms with van der Waals surface area (Å²) in [5.41, 5.74) is -1.08. The average Bonchev–Trinajstić information content (AvgIpc) is 3.12. The van der Waals surface area contributed by atoms with E-state index in [9.17, 15) is 31.9 Å². The highest BCUT2D eigenvalue weighted by Gasteiger charge is 2.65. The van der Waals surface area contributed by atoms with Crippen LogP contribution in [-0.4, -0.2) is 74.6 Å². The smallest absolute Gasteiger partial charge is 0.394 e. The van der Waals surface area contributed by atoms with Gasteiger partial charge in [-0.15, -0.1) is 23.4 Å². The molecule has 0 saturated carbocycles. The Morgan fingerprint density at radius 2 is 1.93 bits per heavy atom. The van der Waals surface area contributed by atoms with Crippen molar-refractivity contribution in [1.29, 1.82) is 0 Å². The fourth-order valence-corrected chi connectivity index (χ4v) is 5.65. The van der Waals surface area contributed by atoms with Crippen LogP contribution in [0.4, 0.5) is 27.6 Å². The Balaban J connectivity index is 1.98. The molecule has 2 N–H and O–H groups in total. The van der Waals surface area contributed by atoms with Crippen LogP contribution >= 0.6 is 23.4 Å². The molecular weight excluding hydrogens is 573 g/mol. The molecule has 1 aromatic rings. The molecule has 0 aliphatic carbocycles. The first-order chi connectivity index (χ1) is 18.7. The Bertz CT molecular complexity index is 1180. The lowest BCUT2D eigenvalue weighted by Gasteiger charge is -2.33. The van der Waals surface area contributed by atoms with Gasteiger partial charge in [0.25, 0.3) is 5.91 Å². The number of nitrogens with zero attached hydrogens (tertiary/aromatic N) is 2. The number of hydrogen-bond donors (Lipinski definition) is 2. The fraction of sp³-hybridized carbons (Fsp3) is 0.571. The zero-order chi connectivity index (χ0) is 30.1. The van der Waals surface area contributed by atoms with E-state index in [4.69, 9.17) is 11.6 Å². The zero-order valence-corrected chi connectivity index (χ0v) is 24.5. The molecule has 2 rings (SSSR count). The zero-order valence-electron chi connectivity index (χ0n) is 22.9. The molecule has 3 atom stereocenters. The molecule has 40 heavy (non-hydrogen) atoms. The third-order valence-corrected chi connectivity index (χ3v) is 7.88. The molecule has 224 valence electrons. The Hall–Kier alpha value is -2.11. The van der Waals surface area contributed by atoms with Gasteiger partial charge in [-0.25, -0.2) is 0 Å². The van der Waals surface area contributed by atoms with E-state index in [0.717, 1.165) is 35.2 Å². The minimum atomic E-state index is -5.80. The highest BCUT2D eigenvalue weighted by atomic mass is 35.5. The van der Waals surface area contributed by atoms with Gasteiger partial charge in [-0.2, -0.15) is 22.0 Å². The van der Waals surface area contributed by atoms with Gasteiger partial charge >= 0.3 is 12.1 Å². The number of carbonyl (C=O) groups excluding carboxylic acids is 1. The van der Waals surface area contributed by atoms with Gasteiger partial charge in [0.2, 0.25) is 0 Å². The summed E-state index contributed by atoms with van der Waals surface area (Å²) in [6.45, 7) is 8.70. The number of rotatable bonds is 15. The lowest BCUT2D eigenvalue weighted by Crippen LogP contribution is -2.49. The minimum absolute atomic E-state index is 0.0389. The van der Waals surface area contributed by atoms with E-state index >= 15 is 0 Å². The van der Waals surface area contributed by atoms with E-state index < -0.39 is 41.0 Å². The number of aliphatic hydroxyl groups excluding tert-OH is 1. The van der Waals surface area contributed by atoms with Gasteiger partial charge in [-0.3, -0.25) is 9.78 Å². The third-order valence-electron chi connectivity index (χ3n) is 6.54. The second-order valence-corrected chi connectivity index (χ2v) is 11.8. The monoisotopic (exact) mass is 609 g/mol. The quantitative estimate of drug-likeness (QED) is 0.161. The highest BCUT2D eigenvalue weighted by molar-refractivity contribution is 8.00. The van der Waals surface area contributed by atoms with Crippen LogP contribution in [0.1, 0.15) is 46.5 Å². The molecule has 1 amide bonds. The third kappa shape index (κ3) is 8.22. The Morgan fingerprint density at radius 3 is 2.50 bits per heavy atom. The van der Waals surface area contributed by atoms with Crippen molar-refractivity contribution in [3.63, 3.8) is 0 Å². The summed E-state index contributed by atoms with van der Waals surface area (Å²) in [4.78, 5) is 18.6. The number of allylic oxidation sites excluding steroid dienone is 1. The van der Waals surface area contributed by atoms with Crippen LogP contribution < -0.4 is 15.9 Å². The first-order valence-electron chi connectivity index (χ1n) is 13.1. The predicted octanol–water partition coefficient (Wildman–Crippen LogP) is 5.27. The normalized spacial score (nSPS) is 20.6. The SMILES string of the molecule is C=C/C=c1/c(NCCCCCCN2C(=O)C(C(SCC)C(F)(F)C(F)(F)F)=CC2(C)CO)ccn/c1=C/C(C)Cl. The van der Waals surface area contributed by atoms with Gasteiger partial charge in [0.05, 0.1) is 22.9 Å². The van der Waals surface area contributed by atoms with Crippen molar-refractivity contribution in [2.75, 3.05) is 30.8 Å². The van der Waals surface area contributed by atoms with Gasteiger partial charge in [0.1, 0.15) is 5.25 Å². The molecule has 1 aromatic heterocycles. The van der Waals surface area contributed by atoms with E-state index in [1.165, 1.54) is 18.7 Å². The number of amides is 1. The minimum Gasteiger partial charge on any atom is -0.394 e. The molecule has 0 aromatic carbocycles. The van der Waals surface area contributed by atoms with Gasteiger partial charge in [-0.1, -0.05) is 38.5 Å². The van der Waals surface area contributed by atoms with Crippen LogP contribution in [0.25, 0.3) is 12.2 Å². The molecule has 0 spiro atoms. The van der Waals surface area contributed by atoms with Crippen molar-refractivity contribution in [3.05, 3.63) is 47.1 Å². The fourth-order valence-electron chi connectivity index (χ4n) is 4.50. The van der Waals surface area contributed by atoms with Crippen LogP contribution in [-0.2, 0) is 4.79 Å². The molecule has 0 fully saturated rings. The van der Waals surface area contributed by atoms with Crippen LogP contribution in [0.2, 0.25) is 0 Å². The van der Waals surface area contributed by atoms with E-state index in [1.54, 1.807) is 12.3 Å². The number of carbonyl (C=O) groups is 1. The summed E-state index contributed by atoms with van der Waals surface area (Å²) in [5.74, 6) is -6.02. The van der Waals surface area contributed by atoms with Crippen molar-refractivity contribution in [2.24, 2.45) is 0 Å². The number of thioether (sulfide) groups is 1. The number of nitrogens with one attached hydrogen (secondary N) is 1. The Kier molecular flexibility index (Phi) is 12.5. The Morgan fingerprint density at radius 1 is 1.25 bits per heavy atom. The highest BCUT2D eigenvalue weighted by Crippen LogP contribution is 2.48. The van der Waals surface area contributed by atoms with Crippen LogP contribution in [0.15, 0.2) is 36.6 Å². The molecule has 0 bridgehead atoms. The van der Waals surface area contributed by atoms with Crippen LogP contribution in [0.5, 0.6) is 0 Å². The number of unbranched alkanes of at least 4 members (excludes halogenated alkanes) is 3. The summed E-state index contributed by atoms with van der Waals surface area (Å²) in [5, 5.41) is 12.3. The maximum Gasteiger partial charge on any atom is 0.454 e. The van der Waals surface area contributed by atoms with E-state index in [1.807, 2.05) is 25.1 Å². The molecule has 1 aliphatic rings. The van der Waals surface area contributed by atoms with Crippen molar-refractivity contribution in [1.82, 2.24) is 9.88 Å². The van der Waals surface area contributed by atoms with Crippen molar-refractivity contribution in [3.8, 4) is 0 Å². The lowest BCUT2D eigenvalue weighted by molar-refractivity contribution is -0.278. The van der Waals surface area contributed by atoms with E-state index in [2.05, 4.69) is 16.9 Å². The summed E-state index contributed by atoms with van der Waals surface area (Å²) < 4.78 is 68.2. The summed E-state index contributed by atoms with van der Waals surface area (Å²) >= 11 is 6.47. The molecule has 2 heterocycles. The number of hydrogen-bond acceptors (Lipinski definition) is 5. The first-order valence-corrected chi connectivity index (χ1v) is 14.6. The predicted molar refractivity (Wildman–Crippen MR) is 153 cm³/mol. The largest absolute Gasteiger partial charge is 0.454 e. The van der Waals surface area contributed by atoms with Crippen molar-refractivity contribution >= 4 is 47.1 Å². The summed E-state index contributed by atoms with van der Waals surface area (Å²) in [7, 11) is 0. The van der Waals surface area contributed by atoms with Crippen LogP contribution in [0, 0.1) is 0 Å². The molecule has 1 aliphatic heterocycles. The van der Waals surface area contributed by atoms with Crippen molar-refractivity contribution in [2.45, 2.75) is 74.7 Å². The number of halogens is 6. The van der Waals surface area contributed by atoms with E-state index in [-0.39, 0.29) is 17.7 Å². The molecule has 12 heteroatoms. The molecule has 0 saturated heterocycles. The van der Waals surface area contributed by atoms with Gasteiger partial charge in [-0.05, 0) is 50.7 Å². The molecule has 3 unspecified atom stereocenters. The second kappa shape index (κ2) is 14.7. The Labute approximate surface area is 241 Å². The molecule has 5 nitrogen and oxygen atoms in total. The molecular formula is C28H37ClF5N3O2S. The molecule has 0 radical (unpaired) electrons. The number of aromatic nitrogens is 1. The van der Waals surface area contributed by atoms with Crippen molar-refractivity contribution < 1.29 is 31.9 Å². The number of alkyl halides is 6. The standard InChI is InChI=1S/C28H37ClF5N3O2S/c1-5-11-20-22(12-14-36-23(20)16-19(3)29)35-13-9-7-8-10-15-37-25(39)21(17-26(37,4)18-38)24(40-6-2)27(30,31)28(32,33)34/h5,11-12,14,16-17,19,24,35,38H,1,6-10,13,15,18H2,2-4H3/b20-11-,23-16+. The van der Waals surface area contributed by atoms with E-state index in [0.29, 0.717) is 31.1 Å². The maximum atomic E-state index is 14.3.